The first-order valence-electron chi connectivity index (χ1n) is 7.43. The molecule has 1 N–H and O–H groups in total. The number of sulfonamides is 1. The van der Waals surface area contributed by atoms with Crippen LogP contribution in [0.2, 0.25) is 0 Å². The van der Waals surface area contributed by atoms with E-state index < -0.39 is 10.0 Å². The molecule has 2 rings (SSSR count). The maximum atomic E-state index is 12.6. The SMILES string of the molecule is CCOc1ccc(S(=O)(=O)N2CCC(C(=O)NC)CC2)cc1. The number of hydrogen-bond donors (Lipinski definition) is 1. The Labute approximate surface area is 131 Å². The Balaban J connectivity index is 2.06. The summed E-state index contributed by atoms with van der Waals surface area (Å²) in [6.45, 7) is 3.15. The van der Waals surface area contributed by atoms with E-state index in [2.05, 4.69) is 5.32 Å². The van der Waals surface area contributed by atoms with Crippen molar-refractivity contribution in [1.29, 1.82) is 0 Å². The number of nitrogens with zero attached hydrogens (tertiary/aromatic N) is 1. The average Bonchev–Trinajstić information content (AvgIpc) is 2.55. The molecule has 1 aliphatic heterocycles. The van der Waals surface area contributed by atoms with Gasteiger partial charge >= 0.3 is 0 Å². The lowest BCUT2D eigenvalue weighted by Crippen LogP contribution is -2.42. The molecule has 0 atom stereocenters. The summed E-state index contributed by atoms with van der Waals surface area (Å²) < 4.78 is 31.9. The molecule has 7 heteroatoms. The van der Waals surface area contributed by atoms with Gasteiger partial charge in [0.05, 0.1) is 11.5 Å². The van der Waals surface area contributed by atoms with Crippen LogP contribution in [0.4, 0.5) is 0 Å². The molecular weight excluding hydrogens is 304 g/mol. The minimum Gasteiger partial charge on any atom is -0.494 e. The van der Waals surface area contributed by atoms with Crippen molar-refractivity contribution in [3.05, 3.63) is 24.3 Å². The van der Waals surface area contributed by atoms with E-state index >= 15 is 0 Å². The number of ether oxygens (including phenoxy) is 1. The molecular formula is C15H22N2O4S. The minimum absolute atomic E-state index is 0.0156. The van der Waals surface area contributed by atoms with Gasteiger partial charge in [0.25, 0.3) is 0 Å². The first kappa shape index (κ1) is 16.8. The lowest BCUT2D eigenvalue weighted by molar-refractivity contribution is -0.125. The van der Waals surface area contributed by atoms with Crippen molar-refractivity contribution >= 4 is 15.9 Å². The number of rotatable bonds is 5. The van der Waals surface area contributed by atoms with Gasteiger partial charge in [-0.05, 0) is 44.0 Å². The van der Waals surface area contributed by atoms with Crippen molar-refractivity contribution in [3.63, 3.8) is 0 Å². The van der Waals surface area contributed by atoms with Crippen LogP contribution in [0.25, 0.3) is 0 Å². The molecule has 1 aliphatic rings. The number of nitrogens with one attached hydrogen (secondary N) is 1. The van der Waals surface area contributed by atoms with Crippen molar-refractivity contribution in [2.45, 2.75) is 24.7 Å². The van der Waals surface area contributed by atoms with Gasteiger partial charge in [0.1, 0.15) is 5.75 Å². The third-order valence-electron chi connectivity index (χ3n) is 3.84. The highest BCUT2D eigenvalue weighted by Crippen LogP contribution is 2.25. The van der Waals surface area contributed by atoms with E-state index in [0.29, 0.717) is 38.3 Å². The van der Waals surface area contributed by atoms with Crippen LogP contribution in [0.1, 0.15) is 19.8 Å². The third-order valence-corrected chi connectivity index (χ3v) is 5.76. The second-order valence-corrected chi connectivity index (χ2v) is 7.13. The lowest BCUT2D eigenvalue weighted by atomic mass is 9.97. The monoisotopic (exact) mass is 326 g/mol. The summed E-state index contributed by atoms with van der Waals surface area (Å²) in [6.07, 6.45) is 1.10. The molecule has 1 aromatic carbocycles. The Hall–Kier alpha value is -1.60. The fraction of sp³-hybridized carbons (Fsp3) is 0.533. The first-order valence-corrected chi connectivity index (χ1v) is 8.87. The van der Waals surface area contributed by atoms with Crippen molar-refractivity contribution in [2.75, 3.05) is 26.7 Å². The second-order valence-electron chi connectivity index (χ2n) is 5.20. The summed E-state index contributed by atoms with van der Waals surface area (Å²) in [4.78, 5) is 11.9. The summed E-state index contributed by atoms with van der Waals surface area (Å²) in [7, 11) is -1.90. The second kappa shape index (κ2) is 7.11. The van der Waals surface area contributed by atoms with Crippen LogP contribution in [0.5, 0.6) is 5.75 Å². The highest BCUT2D eigenvalue weighted by molar-refractivity contribution is 7.89. The van der Waals surface area contributed by atoms with Crippen molar-refractivity contribution < 1.29 is 17.9 Å². The van der Waals surface area contributed by atoms with E-state index in [0.717, 1.165) is 0 Å². The zero-order valence-electron chi connectivity index (χ0n) is 12.9. The molecule has 0 bridgehead atoms. The minimum atomic E-state index is -3.50. The van der Waals surface area contributed by atoms with Crippen LogP contribution >= 0.6 is 0 Å². The molecule has 0 aromatic heterocycles. The maximum Gasteiger partial charge on any atom is 0.243 e. The third kappa shape index (κ3) is 3.59. The Morgan fingerprint density at radius 2 is 1.86 bits per heavy atom. The molecule has 122 valence electrons. The summed E-state index contributed by atoms with van der Waals surface area (Å²) in [6, 6.07) is 6.44. The molecule has 1 aromatic rings. The Morgan fingerprint density at radius 3 is 2.36 bits per heavy atom. The largest absolute Gasteiger partial charge is 0.494 e. The zero-order chi connectivity index (χ0) is 16.2. The molecule has 0 radical (unpaired) electrons. The Bertz CT molecular complexity index is 605. The lowest BCUT2D eigenvalue weighted by Gasteiger charge is -2.30. The quantitative estimate of drug-likeness (QED) is 0.883. The van der Waals surface area contributed by atoms with E-state index in [1.165, 1.54) is 4.31 Å². The van der Waals surface area contributed by atoms with Crippen LogP contribution in [-0.2, 0) is 14.8 Å². The van der Waals surface area contributed by atoms with E-state index in [4.69, 9.17) is 4.74 Å². The Morgan fingerprint density at radius 1 is 1.27 bits per heavy atom. The number of amides is 1. The summed E-state index contributed by atoms with van der Waals surface area (Å²) in [5.41, 5.74) is 0. The van der Waals surface area contributed by atoms with Gasteiger partial charge in [-0.25, -0.2) is 8.42 Å². The molecule has 1 heterocycles. The number of piperidine rings is 1. The van der Waals surface area contributed by atoms with Gasteiger partial charge in [-0.1, -0.05) is 0 Å². The Kier molecular flexibility index (Phi) is 5.42. The maximum absolute atomic E-state index is 12.6. The molecule has 1 saturated heterocycles. The van der Waals surface area contributed by atoms with E-state index in [1.54, 1.807) is 31.3 Å². The fourth-order valence-corrected chi connectivity index (χ4v) is 4.06. The topological polar surface area (TPSA) is 75.7 Å². The van der Waals surface area contributed by atoms with Crippen LogP contribution in [-0.4, -0.2) is 45.4 Å². The first-order chi connectivity index (χ1) is 10.5. The van der Waals surface area contributed by atoms with Crippen molar-refractivity contribution in [1.82, 2.24) is 9.62 Å². The number of hydrogen-bond acceptors (Lipinski definition) is 4. The summed E-state index contributed by atoms with van der Waals surface area (Å²) in [5.74, 6) is 0.537. The van der Waals surface area contributed by atoms with Crippen LogP contribution in [0, 0.1) is 5.92 Å². The molecule has 6 nitrogen and oxygen atoms in total. The predicted molar refractivity (Wildman–Crippen MR) is 83.2 cm³/mol. The molecule has 0 aliphatic carbocycles. The summed E-state index contributed by atoms with van der Waals surface area (Å²) in [5, 5.41) is 2.62. The molecule has 22 heavy (non-hydrogen) atoms. The normalized spacial score (nSPS) is 17.2. The number of carbonyl (C=O) groups is 1. The molecule has 0 unspecified atom stereocenters. The van der Waals surface area contributed by atoms with Crippen LogP contribution in [0.3, 0.4) is 0 Å². The molecule has 1 fully saturated rings. The average molecular weight is 326 g/mol. The highest BCUT2D eigenvalue weighted by atomic mass is 32.2. The fourth-order valence-electron chi connectivity index (χ4n) is 2.59. The van der Waals surface area contributed by atoms with Gasteiger partial charge < -0.3 is 10.1 Å². The molecule has 0 saturated carbocycles. The number of carbonyl (C=O) groups excluding carboxylic acids is 1. The van der Waals surface area contributed by atoms with Crippen molar-refractivity contribution in [3.8, 4) is 5.75 Å². The van der Waals surface area contributed by atoms with Gasteiger partial charge in [0.2, 0.25) is 15.9 Å². The van der Waals surface area contributed by atoms with E-state index in [-0.39, 0.29) is 16.7 Å². The molecule has 1 amide bonds. The van der Waals surface area contributed by atoms with Crippen molar-refractivity contribution in [2.24, 2.45) is 5.92 Å². The zero-order valence-corrected chi connectivity index (χ0v) is 13.7. The van der Waals surface area contributed by atoms with Crippen LogP contribution < -0.4 is 10.1 Å². The van der Waals surface area contributed by atoms with Gasteiger partial charge in [-0.2, -0.15) is 4.31 Å². The van der Waals surface area contributed by atoms with Gasteiger partial charge in [-0.3, -0.25) is 4.79 Å². The van der Waals surface area contributed by atoms with E-state index in [1.807, 2.05) is 6.92 Å². The summed E-state index contributed by atoms with van der Waals surface area (Å²) >= 11 is 0. The van der Waals surface area contributed by atoms with Gasteiger partial charge in [0, 0.05) is 26.1 Å². The van der Waals surface area contributed by atoms with Gasteiger partial charge in [0.15, 0.2) is 0 Å². The van der Waals surface area contributed by atoms with E-state index in [9.17, 15) is 13.2 Å². The predicted octanol–water partition coefficient (Wildman–Crippen LogP) is 1.23. The highest BCUT2D eigenvalue weighted by Gasteiger charge is 2.31. The standard InChI is InChI=1S/C15H22N2O4S/c1-3-21-13-4-6-14(7-5-13)22(19,20)17-10-8-12(9-11-17)15(18)16-2/h4-7,12H,3,8-11H2,1-2H3,(H,16,18). The smallest absolute Gasteiger partial charge is 0.243 e. The van der Waals surface area contributed by atoms with Gasteiger partial charge in [-0.15, -0.1) is 0 Å². The number of benzene rings is 1. The van der Waals surface area contributed by atoms with Crippen LogP contribution in [0.15, 0.2) is 29.2 Å². The molecule has 0 spiro atoms.